The Morgan fingerprint density at radius 1 is 1.57 bits per heavy atom. The van der Waals surface area contributed by atoms with Crippen LogP contribution in [0.3, 0.4) is 0 Å². The second kappa shape index (κ2) is 3.51. The third-order valence-electron chi connectivity index (χ3n) is 2.56. The Bertz CT molecular complexity index is 397. The van der Waals surface area contributed by atoms with E-state index in [2.05, 4.69) is 6.07 Å². The highest BCUT2D eigenvalue weighted by Crippen LogP contribution is 2.49. The number of nitrogens with zero attached hydrogens (tertiary/aromatic N) is 1. The van der Waals surface area contributed by atoms with E-state index in [1.54, 1.807) is 13.2 Å². The topological polar surface area (TPSA) is 33.0 Å². The molecule has 3 heteroatoms. The summed E-state index contributed by atoms with van der Waals surface area (Å²) in [6, 6.07) is 7.88. The lowest BCUT2D eigenvalue weighted by atomic mass is 10.1. The van der Waals surface area contributed by atoms with Gasteiger partial charge < -0.3 is 4.74 Å². The van der Waals surface area contributed by atoms with Crippen LogP contribution in [0.1, 0.15) is 17.9 Å². The quantitative estimate of drug-likeness (QED) is 0.747. The predicted octanol–water partition coefficient (Wildman–Crippen LogP) is 2.98. The van der Waals surface area contributed by atoms with E-state index in [-0.39, 0.29) is 5.92 Å². The van der Waals surface area contributed by atoms with Gasteiger partial charge in [-0.05, 0) is 24.1 Å². The summed E-state index contributed by atoms with van der Waals surface area (Å²) < 4.78 is 5.05. The summed E-state index contributed by atoms with van der Waals surface area (Å²) in [5.74, 6) is 1.24. The van der Waals surface area contributed by atoms with Crippen LogP contribution in [0.4, 0.5) is 0 Å². The van der Waals surface area contributed by atoms with Crippen LogP contribution in [-0.4, -0.2) is 7.11 Å². The van der Waals surface area contributed by atoms with E-state index < -0.39 is 0 Å². The van der Waals surface area contributed by atoms with Crippen molar-refractivity contribution < 1.29 is 4.74 Å². The van der Waals surface area contributed by atoms with Crippen molar-refractivity contribution in [3.05, 3.63) is 28.8 Å². The molecule has 14 heavy (non-hydrogen) atoms. The smallest absolute Gasteiger partial charge is 0.120 e. The van der Waals surface area contributed by atoms with E-state index in [9.17, 15) is 0 Å². The average Bonchev–Trinajstić information content (AvgIpc) is 2.96. The van der Waals surface area contributed by atoms with Crippen LogP contribution in [-0.2, 0) is 0 Å². The zero-order valence-electron chi connectivity index (χ0n) is 7.83. The van der Waals surface area contributed by atoms with E-state index in [0.29, 0.717) is 10.9 Å². The highest BCUT2D eigenvalue weighted by molar-refractivity contribution is 6.31. The molecule has 2 unspecified atom stereocenters. The van der Waals surface area contributed by atoms with Crippen LogP contribution in [0.5, 0.6) is 5.75 Å². The van der Waals surface area contributed by atoms with Gasteiger partial charge in [-0.3, -0.25) is 0 Å². The van der Waals surface area contributed by atoms with Crippen LogP contribution in [0.15, 0.2) is 18.2 Å². The van der Waals surface area contributed by atoms with E-state index in [1.165, 1.54) is 0 Å². The number of ether oxygens (including phenoxy) is 1. The number of hydrogen-bond donors (Lipinski definition) is 0. The van der Waals surface area contributed by atoms with E-state index in [1.807, 2.05) is 12.1 Å². The molecule has 0 spiro atoms. The Balaban J connectivity index is 2.25. The maximum atomic E-state index is 8.71. The number of halogens is 1. The van der Waals surface area contributed by atoms with E-state index in [0.717, 1.165) is 17.7 Å². The molecule has 0 saturated heterocycles. The zero-order valence-corrected chi connectivity index (χ0v) is 8.58. The SMILES string of the molecule is COc1ccc(C2CC2C#N)c(Cl)c1. The third-order valence-corrected chi connectivity index (χ3v) is 2.89. The maximum Gasteiger partial charge on any atom is 0.120 e. The van der Waals surface area contributed by atoms with Crippen LogP contribution in [0, 0.1) is 17.2 Å². The Morgan fingerprint density at radius 3 is 2.86 bits per heavy atom. The molecule has 0 bridgehead atoms. The average molecular weight is 208 g/mol. The first-order valence-electron chi connectivity index (χ1n) is 4.49. The first-order valence-corrected chi connectivity index (χ1v) is 4.87. The van der Waals surface area contributed by atoms with Crippen molar-refractivity contribution in [1.29, 1.82) is 5.26 Å². The van der Waals surface area contributed by atoms with Gasteiger partial charge in [0.15, 0.2) is 0 Å². The second-order valence-electron chi connectivity index (χ2n) is 3.47. The van der Waals surface area contributed by atoms with Gasteiger partial charge in [0.1, 0.15) is 5.75 Å². The number of nitriles is 1. The molecule has 1 aromatic carbocycles. The molecule has 2 atom stereocenters. The lowest BCUT2D eigenvalue weighted by molar-refractivity contribution is 0.414. The van der Waals surface area contributed by atoms with Crippen molar-refractivity contribution in [2.45, 2.75) is 12.3 Å². The predicted molar refractivity (Wildman–Crippen MR) is 54.5 cm³/mol. The van der Waals surface area contributed by atoms with Gasteiger partial charge in [-0.15, -0.1) is 0 Å². The molecular weight excluding hydrogens is 198 g/mol. The van der Waals surface area contributed by atoms with Crippen LogP contribution < -0.4 is 4.74 Å². The summed E-state index contributed by atoms with van der Waals surface area (Å²) >= 11 is 6.08. The Kier molecular flexibility index (Phi) is 2.35. The minimum Gasteiger partial charge on any atom is -0.497 e. The molecule has 2 nitrogen and oxygen atoms in total. The van der Waals surface area contributed by atoms with Gasteiger partial charge in [0, 0.05) is 10.9 Å². The van der Waals surface area contributed by atoms with Gasteiger partial charge in [-0.1, -0.05) is 17.7 Å². The fourth-order valence-corrected chi connectivity index (χ4v) is 1.93. The summed E-state index contributed by atoms with van der Waals surface area (Å²) in [5, 5.41) is 9.41. The molecule has 0 aromatic heterocycles. The van der Waals surface area contributed by atoms with Gasteiger partial charge in [0.2, 0.25) is 0 Å². The van der Waals surface area contributed by atoms with Crippen LogP contribution >= 0.6 is 11.6 Å². The summed E-state index contributed by atoms with van der Waals surface area (Å²) in [6.45, 7) is 0. The Morgan fingerprint density at radius 2 is 2.36 bits per heavy atom. The van der Waals surface area contributed by atoms with Crippen LogP contribution in [0.2, 0.25) is 5.02 Å². The first-order chi connectivity index (χ1) is 6.76. The summed E-state index contributed by atoms with van der Waals surface area (Å²) in [5.41, 5.74) is 1.07. The van der Waals surface area contributed by atoms with Crippen LogP contribution in [0.25, 0.3) is 0 Å². The van der Waals surface area contributed by atoms with Crippen molar-refractivity contribution in [2.24, 2.45) is 5.92 Å². The zero-order chi connectivity index (χ0) is 10.1. The van der Waals surface area contributed by atoms with Gasteiger partial charge in [-0.2, -0.15) is 5.26 Å². The molecule has 0 N–H and O–H groups in total. The second-order valence-corrected chi connectivity index (χ2v) is 3.87. The van der Waals surface area contributed by atoms with Gasteiger partial charge in [-0.25, -0.2) is 0 Å². The Labute approximate surface area is 88.1 Å². The molecule has 1 saturated carbocycles. The molecule has 1 fully saturated rings. The molecule has 0 amide bonds. The van der Waals surface area contributed by atoms with Gasteiger partial charge >= 0.3 is 0 Å². The van der Waals surface area contributed by atoms with Crippen molar-refractivity contribution in [1.82, 2.24) is 0 Å². The molecular formula is C11H10ClNO. The fraction of sp³-hybridized carbons (Fsp3) is 0.364. The number of hydrogen-bond acceptors (Lipinski definition) is 2. The Hall–Kier alpha value is -1.20. The number of benzene rings is 1. The van der Waals surface area contributed by atoms with Crippen molar-refractivity contribution in [2.75, 3.05) is 7.11 Å². The van der Waals surface area contributed by atoms with Crippen molar-refractivity contribution in [3.63, 3.8) is 0 Å². The number of methoxy groups -OCH3 is 1. The van der Waals surface area contributed by atoms with E-state index in [4.69, 9.17) is 21.6 Å². The molecule has 0 radical (unpaired) electrons. The summed E-state index contributed by atoms with van der Waals surface area (Å²) in [6.07, 6.45) is 0.933. The number of rotatable bonds is 2. The lowest BCUT2D eigenvalue weighted by Crippen LogP contribution is -1.87. The third kappa shape index (κ3) is 1.56. The molecule has 1 aliphatic rings. The minimum absolute atomic E-state index is 0.154. The molecule has 0 heterocycles. The minimum atomic E-state index is 0.154. The highest BCUT2D eigenvalue weighted by Gasteiger charge is 2.39. The molecule has 1 aromatic rings. The largest absolute Gasteiger partial charge is 0.497 e. The maximum absolute atomic E-state index is 8.71. The van der Waals surface area contributed by atoms with Gasteiger partial charge in [0.05, 0.1) is 19.1 Å². The molecule has 2 rings (SSSR count). The summed E-state index contributed by atoms with van der Waals surface area (Å²) in [4.78, 5) is 0. The van der Waals surface area contributed by atoms with Crippen molar-refractivity contribution in [3.8, 4) is 11.8 Å². The first kappa shape index (κ1) is 9.36. The fourth-order valence-electron chi connectivity index (χ4n) is 1.62. The normalized spacial score (nSPS) is 24.1. The summed E-state index contributed by atoms with van der Waals surface area (Å²) in [7, 11) is 1.61. The highest BCUT2D eigenvalue weighted by atomic mass is 35.5. The standard InChI is InChI=1S/C11H10ClNO/c1-14-8-2-3-9(11(12)5-8)10-4-7(10)6-13/h2-3,5,7,10H,4H2,1H3. The van der Waals surface area contributed by atoms with Gasteiger partial charge in [0.25, 0.3) is 0 Å². The molecule has 72 valence electrons. The lowest BCUT2D eigenvalue weighted by Gasteiger charge is -2.04. The van der Waals surface area contributed by atoms with Crippen molar-refractivity contribution >= 4 is 11.6 Å². The van der Waals surface area contributed by atoms with E-state index >= 15 is 0 Å². The molecule has 0 aliphatic heterocycles. The monoisotopic (exact) mass is 207 g/mol. The molecule has 1 aliphatic carbocycles.